The number of nitrogens with two attached hydrogens (primary N) is 1. The van der Waals surface area contributed by atoms with Crippen LogP contribution in [0.4, 0.5) is 4.39 Å². The zero-order valence-electron chi connectivity index (χ0n) is 7.89. The summed E-state index contributed by atoms with van der Waals surface area (Å²) < 4.78 is 14.2. The summed E-state index contributed by atoms with van der Waals surface area (Å²) in [7, 11) is 0. The first-order valence-electron chi connectivity index (χ1n) is 4.32. The van der Waals surface area contributed by atoms with Crippen molar-refractivity contribution in [2.75, 3.05) is 0 Å². The lowest BCUT2D eigenvalue weighted by atomic mass is 10.2. The molecule has 1 atom stereocenters. The molecule has 5 nitrogen and oxygen atoms in total. The van der Waals surface area contributed by atoms with Gasteiger partial charge in [0.05, 0.1) is 0 Å². The fourth-order valence-corrected chi connectivity index (χ4v) is 1.62. The number of imidazole rings is 1. The second-order valence-corrected chi connectivity index (χ2v) is 3.54. The van der Waals surface area contributed by atoms with Gasteiger partial charge >= 0.3 is 5.97 Å². The van der Waals surface area contributed by atoms with Crippen molar-refractivity contribution in [3.05, 3.63) is 35.0 Å². The Bertz CT molecular complexity index is 569. The lowest BCUT2D eigenvalue weighted by Gasteiger charge is -2.01. The van der Waals surface area contributed by atoms with E-state index < -0.39 is 17.8 Å². The van der Waals surface area contributed by atoms with Crippen LogP contribution in [0.1, 0.15) is 11.7 Å². The Morgan fingerprint density at radius 3 is 2.94 bits per heavy atom. The standard InChI is InChI=1S/C9H7ClFN3O2/c10-8-7(6(12)9(15)16)13-5-2-1-4(11)3-14(5)8/h1-3,6H,12H2,(H,15,16). The minimum Gasteiger partial charge on any atom is -0.480 e. The second kappa shape index (κ2) is 3.73. The van der Waals surface area contributed by atoms with Crippen LogP contribution in [0.25, 0.3) is 5.65 Å². The van der Waals surface area contributed by atoms with E-state index >= 15 is 0 Å². The molecule has 0 aliphatic heterocycles. The minimum atomic E-state index is -1.32. The van der Waals surface area contributed by atoms with Crippen molar-refractivity contribution in [1.29, 1.82) is 0 Å². The van der Waals surface area contributed by atoms with E-state index in [0.29, 0.717) is 5.65 Å². The Kier molecular flexibility index (Phi) is 2.53. The van der Waals surface area contributed by atoms with Crippen LogP contribution in [0, 0.1) is 5.82 Å². The van der Waals surface area contributed by atoms with Gasteiger partial charge in [0, 0.05) is 6.20 Å². The first-order chi connectivity index (χ1) is 7.50. The van der Waals surface area contributed by atoms with Crippen LogP contribution in [-0.4, -0.2) is 20.5 Å². The average Bonchev–Trinajstić information content (AvgIpc) is 2.55. The first kappa shape index (κ1) is 10.8. The lowest BCUT2D eigenvalue weighted by molar-refractivity contribution is -0.138. The van der Waals surface area contributed by atoms with Crippen LogP contribution in [-0.2, 0) is 4.79 Å². The van der Waals surface area contributed by atoms with Crippen molar-refractivity contribution in [3.63, 3.8) is 0 Å². The van der Waals surface area contributed by atoms with E-state index in [4.69, 9.17) is 22.4 Å². The predicted octanol–water partition coefficient (Wildman–Crippen LogP) is 1.21. The Hall–Kier alpha value is -1.66. The lowest BCUT2D eigenvalue weighted by Crippen LogP contribution is -2.21. The SMILES string of the molecule is NC(C(=O)O)c1nc2ccc(F)cn2c1Cl. The topological polar surface area (TPSA) is 80.6 Å². The number of carboxylic acid groups (broad SMARTS) is 1. The molecule has 3 N–H and O–H groups in total. The molecule has 0 saturated heterocycles. The molecule has 2 aromatic heterocycles. The molecule has 16 heavy (non-hydrogen) atoms. The van der Waals surface area contributed by atoms with Crippen LogP contribution < -0.4 is 5.73 Å². The number of halogens is 2. The van der Waals surface area contributed by atoms with E-state index in [1.807, 2.05) is 0 Å². The number of pyridine rings is 1. The highest BCUT2D eigenvalue weighted by atomic mass is 35.5. The Labute approximate surface area is 94.3 Å². The maximum Gasteiger partial charge on any atom is 0.326 e. The van der Waals surface area contributed by atoms with Gasteiger partial charge in [-0.2, -0.15) is 0 Å². The molecular weight excluding hydrogens is 237 g/mol. The summed E-state index contributed by atoms with van der Waals surface area (Å²) in [5, 5.41) is 8.74. The van der Waals surface area contributed by atoms with Crippen LogP contribution in [0.15, 0.2) is 18.3 Å². The molecule has 2 heterocycles. The number of hydrogen-bond donors (Lipinski definition) is 2. The van der Waals surface area contributed by atoms with Gasteiger partial charge in [0.15, 0.2) is 0 Å². The van der Waals surface area contributed by atoms with Crippen LogP contribution in [0.2, 0.25) is 5.15 Å². The Balaban J connectivity index is 2.64. The van der Waals surface area contributed by atoms with Crippen molar-refractivity contribution in [1.82, 2.24) is 9.38 Å². The number of fused-ring (bicyclic) bond motifs is 1. The molecule has 0 bridgehead atoms. The molecule has 0 fully saturated rings. The number of hydrogen-bond acceptors (Lipinski definition) is 3. The molecule has 1 unspecified atom stereocenters. The fraction of sp³-hybridized carbons (Fsp3) is 0.111. The van der Waals surface area contributed by atoms with E-state index in [9.17, 15) is 9.18 Å². The molecule has 0 aliphatic carbocycles. The van der Waals surface area contributed by atoms with E-state index in [0.717, 1.165) is 6.20 Å². The van der Waals surface area contributed by atoms with E-state index in [1.54, 1.807) is 0 Å². The molecule has 0 saturated carbocycles. The summed E-state index contributed by atoms with van der Waals surface area (Å²) >= 11 is 5.86. The summed E-state index contributed by atoms with van der Waals surface area (Å²) in [6, 6.07) is 1.27. The summed E-state index contributed by atoms with van der Waals surface area (Å²) in [5.41, 5.74) is 5.75. The molecule has 84 valence electrons. The highest BCUT2D eigenvalue weighted by Crippen LogP contribution is 2.23. The molecule has 2 rings (SSSR count). The smallest absolute Gasteiger partial charge is 0.326 e. The zero-order chi connectivity index (χ0) is 11.9. The summed E-state index contributed by atoms with van der Waals surface area (Å²) in [6.45, 7) is 0. The monoisotopic (exact) mass is 243 g/mol. The molecule has 7 heteroatoms. The molecule has 0 aliphatic rings. The van der Waals surface area contributed by atoms with Gasteiger partial charge in [-0.15, -0.1) is 0 Å². The highest BCUT2D eigenvalue weighted by molar-refractivity contribution is 6.30. The first-order valence-corrected chi connectivity index (χ1v) is 4.70. The number of carbonyl (C=O) groups is 1. The van der Waals surface area contributed by atoms with Gasteiger partial charge in [0.2, 0.25) is 0 Å². The third-order valence-electron chi connectivity index (χ3n) is 2.11. The predicted molar refractivity (Wildman–Crippen MR) is 54.7 cm³/mol. The molecule has 2 aromatic rings. The van der Waals surface area contributed by atoms with E-state index in [-0.39, 0.29) is 10.8 Å². The maximum atomic E-state index is 12.9. The largest absolute Gasteiger partial charge is 0.480 e. The van der Waals surface area contributed by atoms with Crippen molar-refractivity contribution >= 4 is 23.2 Å². The Morgan fingerprint density at radius 1 is 1.62 bits per heavy atom. The molecule has 0 spiro atoms. The van der Waals surface area contributed by atoms with Crippen LogP contribution in [0.5, 0.6) is 0 Å². The number of nitrogens with zero attached hydrogens (tertiary/aromatic N) is 2. The molecular formula is C9H7ClFN3O2. The van der Waals surface area contributed by atoms with Crippen molar-refractivity contribution in [2.45, 2.75) is 6.04 Å². The van der Waals surface area contributed by atoms with Crippen molar-refractivity contribution in [3.8, 4) is 0 Å². The zero-order valence-corrected chi connectivity index (χ0v) is 8.65. The van der Waals surface area contributed by atoms with Crippen LogP contribution in [0.3, 0.4) is 0 Å². The van der Waals surface area contributed by atoms with Gasteiger partial charge in [0.25, 0.3) is 0 Å². The fourth-order valence-electron chi connectivity index (χ4n) is 1.32. The molecule has 0 aromatic carbocycles. The number of aliphatic carboxylic acids is 1. The number of carboxylic acids is 1. The van der Waals surface area contributed by atoms with E-state index in [2.05, 4.69) is 4.98 Å². The summed E-state index contributed by atoms with van der Waals surface area (Å²) in [6.07, 6.45) is 1.11. The Morgan fingerprint density at radius 2 is 2.31 bits per heavy atom. The minimum absolute atomic E-state index is 0.00407. The van der Waals surface area contributed by atoms with Gasteiger partial charge in [-0.25, -0.2) is 9.37 Å². The summed E-state index contributed by atoms with van der Waals surface area (Å²) in [4.78, 5) is 14.6. The average molecular weight is 244 g/mol. The van der Waals surface area contributed by atoms with Gasteiger partial charge in [-0.05, 0) is 12.1 Å². The highest BCUT2D eigenvalue weighted by Gasteiger charge is 2.22. The van der Waals surface area contributed by atoms with Gasteiger partial charge in [-0.1, -0.05) is 11.6 Å². The van der Waals surface area contributed by atoms with Gasteiger partial charge in [-0.3, -0.25) is 9.20 Å². The second-order valence-electron chi connectivity index (χ2n) is 3.18. The van der Waals surface area contributed by atoms with Crippen molar-refractivity contribution in [2.24, 2.45) is 5.73 Å². The quantitative estimate of drug-likeness (QED) is 0.831. The number of aromatic nitrogens is 2. The molecule has 0 radical (unpaired) electrons. The maximum absolute atomic E-state index is 12.9. The summed E-state index contributed by atoms with van der Waals surface area (Å²) in [5.74, 6) is -1.74. The van der Waals surface area contributed by atoms with Crippen LogP contribution >= 0.6 is 11.6 Å². The van der Waals surface area contributed by atoms with Crippen molar-refractivity contribution < 1.29 is 14.3 Å². The number of rotatable bonds is 2. The third kappa shape index (κ3) is 1.62. The third-order valence-corrected chi connectivity index (χ3v) is 2.49. The van der Waals surface area contributed by atoms with E-state index in [1.165, 1.54) is 16.5 Å². The normalized spacial score (nSPS) is 12.9. The molecule has 0 amide bonds. The van der Waals surface area contributed by atoms with Gasteiger partial charge < -0.3 is 10.8 Å². The van der Waals surface area contributed by atoms with Gasteiger partial charge in [0.1, 0.15) is 28.4 Å².